The first-order chi connectivity index (χ1) is 14.2. The van der Waals surface area contributed by atoms with Gasteiger partial charge < -0.3 is 13.9 Å². The van der Waals surface area contributed by atoms with Crippen LogP contribution in [0.1, 0.15) is 42.4 Å². The van der Waals surface area contributed by atoms with Crippen molar-refractivity contribution in [2.45, 2.75) is 38.9 Å². The molecule has 0 bridgehead atoms. The topological polar surface area (TPSA) is 68.3 Å². The van der Waals surface area contributed by atoms with Gasteiger partial charge in [0.15, 0.2) is 11.9 Å². The molecule has 0 aliphatic carbocycles. The largest absolute Gasteiger partial charge is 0.436 e. The lowest BCUT2D eigenvalue weighted by Gasteiger charge is -2.22. The van der Waals surface area contributed by atoms with E-state index in [1.165, 1.54) is 6.42 Å². The van der Waals surface area contributed by atoms with Crippen LogP contribution in [0.3, 0.4) is 0 Å². The predicted octanol–water partition coefficient (Wildman–Crippen LogP) is 5.62. The van der Waals surface area contributed by atoms with Gasteiger partial charge in [-0.15, -0.1) is 0 Å². The van der Waals surface area contributed by atoms with E-state index in [2.05, 4.69) is 23.2 Å². The predicted molar refractivity (Wildman–Crippen MR) is 112 cm³/mol. The van der Waals surface area contributed by atoms with Crippen molar-refractivity contribution >= 4 is 17.2 Å². The third-order valence-corrected chi connectivity index (χ3v) is 5.00. The normalized spacial score (nSPS) is 17.0. The summed E-state index contributed by atoms with van der Waals surface area (Å²) in [5.41, 5.74) is 4.97. The van der Waals surface area contributed by atoms with Crippen molar-refractivity contribution in [3.63, 3.8) is 0 Å². The van der Waals surface area contributed by atoms with E-state index in [0.717, 1.165) is 48.1 Å². The summed E-state index contributed by atoms with van der Waals surface area (Å²) in [5, 5.41) is 9.12. The van der Waals surface area contributed by atoms with Gasteiger partial charge >= 0.3 is 0 Å². The van der Waals surface area contributed by atoms with Crippen LogP contribution >= 0.6 is 0 Å². The van der Waals surface area contributed by atoms with Gasteiger partial charge in [-0.3, -0.25) is 0 Å². The summed E-state index contributed by atoms with van der Waals surface area (Å²) < 4.78 is 17.2. The molecule has 2 heterocycles. The van der Waals surface area contributed by atoms with Crippen LogP contribution in [0, 0.1) is 18.3 Å². The molecule has 0 N–H and O–H groups in total. The summed E-state index contributed by atoms with van der Waals surface area (Å²) in [5.74, 6) is 0.564. The second kappa shape index (κ2) is 9.04. The zero-order valence-electron chi connectivity index (χ0n) is 16.6. The minimum Gasteiger partial charge on any atom is -0.436 e. The molecule has 1 aliphatic rings. The molecular weight excluding hydrogens is 364 g/mol. The summed E-state index contributed by atoms with van der Waals surface area (Å²) in [4.78, 5) is 4.55. The number of nitrogens with zero attached hydrogens (tertiary/aromatic N) is 2. The maximum atomic E-state index is 9.12. The van der Waals surface area contributed by atoms with Crippen molar-refractivity contribution < 1.29 is 13.9 Å². The Morgan fingerprint density at radius 1 is 1.24 bits per heavy atom. The van der Waals surface area contributed by atoms with Crippen molar-refractivity contribution in [3.8, 4) is 17.5 Å². The van der Waals surface area contributed by atoms with Gasteiger partial charge in [0.1, 0.15) is 5.52 Å². The molecule has 1 aromatic heterocycles. The van der Waals surface area contributed by atoms with Crippen LogP contribution in [0.4, 0.5) is 0 Å². The van der Waals surface area contributed by atoms with Gasteiger partial charge in [0.05, 0.1) is 18.2 Å². The van der Waals surface area contributed by atoms with E-state index < -0.39 is 0 Å². The quantitative estimate of drug-likeness (QED) is 0.513. The molecule has 148 valence electrons. The lowest BCUT2D eigenvalue weighted by molar-refractivity contribution is -0.161. The van der Waals surface area contributed by atoms with Gasteiger partial charge in [-0.25, -0.2) is 4.98 Å². The van der Waals surface area contributed by atoms with Crippen molar-refractivity contribution in [2.75, 3.05) is 13.2 Å². The molecule has 0 amide bonds. The van der Waals surface area contributed by atoms with Crippen molar-refractivity contribution in [2.24, 2.45) is 0 Å². The van der Waals surface area contributed by atoms with Crippen molar-refractivity contribution in [1.29, 1.82) is 5.26 Å². The Labute approximate surface area is 170 Å². The molecule has 0 saturated carbocycles. The second-order valence-electron chi connectivity index (χ2n) is 7.25. The van der Waals surface area contributed by atoms with E-state index in [9.17, 15) is 0 Å². The van der Waals surface area contributed by atoms with Crippen molar-refractivity contribution in [3.05, 3.63) is 59.2 Å². The lowest BCUT2D eigenvalue weighted by atomic mass is 10.1. The highest BCUT2D eigenvalue weighted by Gasteiger charge is 2.13. The Morgan fingerprint density at radius 2 is 2.10 bits per heavy atom. The molecule has 1 fully saturated rings. The van der Waals surface area contributed by atoms with Gasteiger partial charge in [0.25, 0.3) is 0 Å². The fourth-order valence-electron chi connectivity index (χ4n) is 3.45. The summed E-state index contributed by atoms with van der Waals surface area (Å²) in [6.45, 7) is 3.41. The molecule has 5 nitrogen and oxygen atoms in total. The molecule has 4 rings (SSSR count). The van der Waals surface area contributed by atoms with Gasteiger partial charge in [-0.05, 0) is 68.0 Å². The monoisotopic (exact) mass is 388 g/mol. The maximum absolute atomic E-state index is 9.12. The summed E-state index contributed by atoms with van der Waals surface area (Å²) >= 11 is 0. The third kappa shape index (κ3) is 4.73. The second-order valence-corrected chi connectivity index (χ2v) is 7.25. The molecule has 2 aromatic carbocycles. The fraction of sp³-hybridized carbons (Fsp3) is 0.333. The smallest absolute Gasteiger partial charge is 0.227 e. The average Bonchev–Trinajstić information content (AvgIpc) is 3.19. The van der Waals surface area contributed by atoms with Crippen LogP contribution in [-0.2, 0) is 9.47 Å². The Hall–Kier alpha value is -2.94. The Balaban J connectivity index is 1.37. The van der Waals surface area contributed by atoms with E-state index >= 15 is 0 Å². The number of benzene rings is 2. The SMILES string of the molecule is Cc1cc(C#N)cc2nc(-c3ccc(/C=C\CCOC4CCCCO4)cc3)oc12. The molecule has 5 heteroatoms. The lowest BCUT2D eigenvalue weighted by Crippen LogP contribution is -2.22. The standard InChI is InChI=1S/C24H24N2O3/c1-17-14-19(16-25)15-21-23(17)29-24(26-21)20-10-8-18(9-11-20)6-2-4-12-27-22-7-3-5-13-28-22/h2,6,8-11,14-15,22H,3-5,7,12-13H2,1H3/b6-2-. The van der Waals surface area contributed by atoms with Crippen LogP contribution in [-0.4, -0.2) is 24.5 Å². The molecule has 0 spiro atoms. The van der Waals surface area contributed by atoms with Gasteiger partial charge in [0, 0.05) is 12.2 Å². The Kier molecular flexibility index (Phi) is 6.04. The number of oxazole rings is 1. The molecule has 3 aromatic rings. The van der Waals surface area contributed by atoms with Gasteiger partial charge in [0.2, 0.25) is 5.89 Å². The van der Waals surface area contributed by atoms with Crippen LogP contribution in [0.15, 0.2) is 46.9 Å². The number of ether oxygens (including phenoxy) is 2. The van der Waals surface area contributed by atoms with Gasteiger partial charge in [-0.1, -0.05) is 24.3 Å². The van der Waals surface area contributed by atoms with Gasteiger partial charge in [-0.2, -0.15) is 5.26 Å². The van der Waals surface area contributed by atoms with E-state index in [1.807, 2.05) is 37.3 Å². The highest BCUT2D eigenvalue weighted by molar-refractivity contribution is 5.81. The molecule has 1 unspecified atom stereocenters. The highest BCUT2D eigenvalue weighted by atomic mass is 16.7. The van der Waals surface area contributed by atoms with Crippen LogP contribution < -0.4 is 0 Å². The van der Waals surface area contributed by atoms with Crippen molar-refractivity contribution in [1.82, 2.24) is 4.98 Å². The van der Waals surface area contributed by atoms with Crippen LogP contribution in [0.5, 0.6) is 0 Å². The van der Waals surface area contributed by atoms with Crippen LogP contribution in [0.2, 0.25) is 0 Å². The first kappa shape index (κ1) is 19.4. The first-order valence-electron chi connectivity index (χ1n) is 10.0. The number of fused-ring (bicyclic) bond motifs is 1. The Morgan fingerprint density at radius 3 is 2.86 bits per heavy atom. The highest BCUT2D eigenvalue weighted by Crippen LogP contribution is 2.27. The van der Waals surface area contributed by atoms with E-state index in [4.69, 9.17) is 19.2 Å². The fourth-order valence-corrected chi connectivity index (χ4v) is 3.45. The molecule has 0 radical (unpaired) electrons. The Bertz CT molecular complexity index is 1040. The molecule has 1 aliphatic heterocycles. The van der Waals surface area contributed by atoms with E-state index in [0.29, 0.717) is 23.6 Å². The molecule has 1 saturated heterocycles. The molecule has 1 atom stereocenters. The number of hydrogen-bond acceptors (Lipinski definition) is 5. The first-order valence-corrected chi connectivity index (χ1v) is 10.0. The minimum absolute atomic E-state index is 0.0272. The van der Waals surface area contributed by atoms with E-state index in [1.54, 1.807) is 6.07 Å². The number of aryl methyl sites for hydroxylation is 1. The number of nitriles is 1. The maximum Gasteiger partial charge on any atom is 0.227 e. The summed E-state index contributed by atoms with van der Waals surface area (Å²) in [6.07, 6.45) is 8.35. The van der Waals surface area contributed by atoms with Crippen LogP contribution in [0.25, 0.3) is 28.6 Å². The zero-order chi connectivity index (χ0) is 20.1. The number of hydrogen-bond donors (Lipinski definition) is 0. The molecule has 29 heavy (non-hydrogen) atoms. The average molecular weight is 388 g/mol. The zero-order valence-corrected chi connectivity index (χ0v) is 16.6. The summed E-state index contributed by atoms with van der Waals surface area (Å²) in [7, 11) is 0. The minimum atomic E-state index is -0.0272. The number of aromatic nitrogens is 1. The molecular formula is C24H24N2O3. The summed E-state index contributed by atoms with van der Waals surface area (Å²) in [6, 6.07) is 13.8. The third-order valence-electron chi connectivity index (χ3n) is 5.00. The van der Waals surface area contributed by atoms with E-state index in [-0.39, 0.29) is 6.29 Å². The number of rotatable bonds is 6.